The molecule has 0 aliphatic heterocycles. The summed E-state index contributed by atoms with van der Waals surface area (Å²) in [6.45, 7) is 2.79. The predicted molar refractivity (Wildman–Crippen MR) is 74.8 cm³/mol. The van der Waals surface area contributed by atoms with Gasteiger partial charge in [0, 0.05) is 11.0 Å². The van der Waals surface area contributed by atoms with E-state index in [0.29, 0.717) is 12.2 Å². The van der Waals surface area contributed by atoms with Gasteiger partial charge in [-0.05, 0) is 52.7 Å². The second-order valence-corrected chi connectivity index (χ2v) is 5.09. The number of hydrogen-bond donors (Lipinski definition) is 1. The lowest BCUT2D eigenvalue weighted by Crippen LogP contribution is -2.05. The molecule has 0 atom stereocenters. The number of nitrogens with zero attached hydrogens (tertiary/aromatic N) is 5. The molecular formula is C12H11BrN6. The van der Waals surface area contributed by atoms with Crippen LogP contribution in [0.3, 0.4) is 0 Å². The lowest BCUT2D eigenvalue weighted by molar-refractivity contribution is 0.734. The van der Waals surface area contributed by atoms with E-state index < -0.39 is 0 Å². The van der Waals surface area contributed by atoms with E-state index in [1.807, 2.05) is 18.2 Å². The van der Waals surface area contributed by atoms with Crippen molar-refractivity contribution >= 4 is 27.4 Å². The minimum atomic E-state index is 0.629. The number of rotatable bonds is 3. The van der Waals surface area contributed by atoms with Gasteiger partial charge in [0.05, 0.1) is 0 Å². The van der Waals surface area contributed by atoms with E-state index in [1.165, 1.54) is 15.8 Å². The SMILES string of the molecule is Cc1ccc(Br)cc1CNc1ccc2nnnn2n1. The molecule has 1 aromatic carbocycles. The van der Waals surface area contributed by atoms with Crippen molar-refractivity contribution < 1.29 is 0 Å². The number of halogens is 1. The molecule has 0 saturated heterocycles. The first-order valence-electron chi connectivity index (χ1n) is 5.77. The molecule has 3 aromatic rings. The van der Waals surface area contributed by atoms with Crippen molar-refractivity contribution in [2.75, 3.05) is 5.32 Å². The maximum Gasteiger partial charge on any atom is 0.200 e. The van der Waals surface area contributed by atoms with Crippen molar-refractivity contribution in [1.82, 2.24) is 25.3 Å². The molecule has 6 nitrogen and oxygen atoms in total. The van der Waals surface area contributed by atoms with Gasteiger partial charge in [-0.25, -0.2) is 0 Å². The van der Waals surface area contributed by atoms with E-state index >= 15 is 0 Å². The average Bonchev–Trinajstić information content (AvgIpc) is 2.87. The van der Waals surface area contributed by atoms with E-state index in [0.717, 1.165) is 10.3 Å². The summed E-state index contributed by atoms with van der Waals surface area (Å²) in [5.41, 5.74) is 3.08. The Labute approximate surface area is 118 Å². The molecule has 0 radical (unpaired) electrons. The molecular weight excluding hydrogens is 308 g/mol. The summed E-state index contributed by atoms with van der Waals surface area (Å²) in [5.74, 6) is 0.735. The fourth-order valence-corrected chi connectivity index (χ4v) is 2.17. The Kier molecular flexibility index (Phi) is 3.12. The van der Waals surface area contributed by atoms with Gasteiger partial charge < -0.3 is 5.32 Å². The Morgan fingerprint density at radius 1 is 1.26 bits per heavy atom. The zero-order valence-electron chi connectivity index (χ0n) is 10.2. The van der Waals surface area contributed by atoms with Crippen molar-refractivity contribution in [3.8, 4) is 0 Å². The summed E-state index contributed by atoms with van der Waals surface area (Å²) < 4.78 is 2.47. The fourth-order valence-electron chi connectivity index (χ4n) is 1.76. The second kappa shape index (κ2) is 4.93. The van der Waals surface area contributed by atoms with Crippen LogP contribution in [0, 0.1) is 6.92 Å². The Morgan fingerprint density at radius 2 is 2.16 bits per heavy atom. The van der Waals surface area contributed by atoms with E-state index in [-0.39, 0.29) is 0 Å². The van der Waals surface area contributed by atoms with Crippen LogP contribution in [-0.4, -0.2) is 25.3 Å². The quantitative estimate of drug-likeness (QED) is 0.801. The van der Waals surface area contributed by atoms with Crippen molar-refractivity contribution in [3.63, 3.8) is 0 Å². The standard InChI is InChI=1S/C12H11BrN6/c1-8-2-3-10(13)6-9(8)7-14-11-4-5-12-15-17-18-19(12)16-11/h2-6H,7H2,1H3,(H,14,16). The van der Waals surface area contributed by atoms with Crippen LogP contribution in [-0.2, 0) is 6.54 Å². The molecule has 7 heteroatoms. The third-order valence-corrected chi connectivity index (χ3v) is 3.33. The molecule has 0 spiro atoms. The molecule has 2 aromatic heterocycles. The van der Waals surface area contributed by atoms with Gasteiger partial charge in [0.2, 0.25) is 0 Å². The number of benzene rings is 1. The summed E-state index contributed by atoms with van der Waals surface area (Å²) in [4.78, 5) is 0. The fraction of sp³-hybridized carbons (Fsp3) is 0.167. The molecule has 2 heterocycles. The van der Waals surface area contributed by atoms with Crippen LogP contribution in [0.25, 0.3) is 5.65 Å². The van der Waals surface area contributed by atoms with E-state index in [2.05, 4.69) is 60.9 Å². The first kappa shape index (κ1) is 12.0. The molecule has 0 unspecified atom stereocenters. The van der Waals surface area contributed by atoms with Crippen molar-refractivity contribution in [2.45, 2.75) is 13.5 Å². The first-order chi connectivity index (χ1) is 9.22. The minimum Gasteiger partial charge on any atom is -0.364 e. The number of fused-ring (bicyclic) bond motifs is 1. The van der Waals surface area contributed by atoms with Gasteiger partial charge in [-0.1, -0.05) is 22.0 Å². The third-order valence-electron chi connectivity index (χ3n) is 2.84. The Morgan fingerprint density at radius 3 is 3.05 bits per heavy atom. The highest BCUT2D eigenvalue weighted by atomic mass is 79.9. The van der Waals surface area contributed by atoms with Crippen molar-refractivity contribution in [1.29, 1.82) is 0 Å². The number of tetrazole rings is 1. The molecule has 3 rings (SSSR count). The molecule has 19 heavy (non-hydrogen) atoms. The number of aryl methyl sites for hydroxylation is 1. The van der Waals surface area contributed by atoms with Crippen LogP contribution in [0.5, 0.6) is 0 Å². The zero-order valence-corrected chi connectivity index (χ0v) is 11.8. The molecule has 0 amide bonds. The summed E-state index contributed by atoms with van der Waals surface area (Å²) in [7, 11) is 0. The van der Waals surface area contributed by atoms with Crippen molar-refractivity contribution in [3.05, 3.63) is 45.9 Å². The Balaban J connectivity index is 1.79. The van der Waals surface area contributed by atoms with Crippen LogP contribution < -0.4 is 5.32 Å². The van der Waals surface area contributed by atoms with Gasteiger partial charge >= 0.3 is 0 Å². The number of nitrogens with one attached hydrogen (secondary N) is 1. The normalized spacial score (nSPS) is 10.8. The smallest absolute Gasteiger partial charge is 0.200 e. The monoisotopic (exact) mass is 318 g/mol. The largest absolute Gasteiger partial charge is 0.364 e. The zero-order chi connectivity index (χ0) is 13.2. The summed E-state index contributed by atoms with van der Waals surface area (Å²) >= 11 is 3.48. The maximum absolute atomic E-state index is 4.26. The number of anilines is 1. The van der Waals surface area contributed by atoms with Gasteiger partial charge in [0.25, 0.3) is 0 Å². The predicted octanol–water partition coefficient (Wildman–Crippen LogP) is 2.20. The molecule has 0 aliphatic carbocycles. The van der Waals surface area contributed by atoms with Gasteiger partial charge in [-0.3, -0.25) is 0 Å². The van der Waals surface area contributed by atoms with Gasteiger partial charge in [-0.15, -0.1) is 14.8 Å². The maximum atomic E-state index is 4.26. The van der Waals surface area contributed by atoms with E-state index in [4.69, 9.17) is 0 Å². The Bertz CT molecular complexity index is 723. The minimum absolute atomic E-state index is 0.629. The van der Waals surface area contributed by atoms with Crippen LogP contribution in [0.15, 0.2) is 34.8 Å². The van der Waals surface area contributed by atoms with Crippen LogP contribution >= 0.6 is 15.9 Å². The summed E-state index contributed by atoms with van der Waals surface area (Å²) in [5, 5.41) is 18.6. The highest BCUT2D eigenvalue weighted by Gasteiger charge is 2.02. The second-order valence-electron chi connectivity index (χ2n) is 4.17. The van der Waals surface area contributed by atoms with Gasteiger partial charge in [0.1, 0.15) is 5.82 Å². The lowest BCUT2D eigenvalue weighted by Gasteiger charge is -2.08. The van der Waals surface area contributed by atoms with Crippen LogP contribution in [0.1, 0.15) is 11.1 Å². The topological polar surface area (TPSA) is 68.0 Å². The average molecular weight is 319 g/mol. The first-order valence-corrected chi connectivity index (χ1v) is 6.56. The number of hydrogen-bond acceptors (Lipinski definition) is 5. The van der Waals surface area contributed by atoms with Gasteiger partial charge in [-0.2, -0.15) is 0 Å². The molecule has 96 valence electrons. The molecule has 0 aliphatic rings. The van der Waals surface area contributed by atoms with Crippen molar-refractivity contribution in [2.24, 2.45) is 0 Å². The number of aromatic nitrogens is 5. The summed E-state index contributed by atoms with van der Waals surface area (Å²) in [6, 6.07) is 9.89. The molecule has 0 bridgehead atoms. The van der Waals surface area contributed by atoms with Gasteiger partial charge in [0.15, 0.2) is 5.65 Å². The molecule has 0 fully saturated rings. The molecule has 0 saturated carbocycles. The van der Waals surface area contributed by atoms with E-state index in [9.17, 15) is 0 Å². The third kappa shape index (κ3) is 2.55. The Hall–Kier alpha value is -2.02. The highest BCUT2D eigenvalue weighted by Crippen LogP contribution is 2.17. The summed E-state index contributed by atoms with van der Waals surface area (Å²) in [6.07, 6.45) is 0. The molecule has 1 N–H and O–H groups in total. The highest BCUT2D eigenvalue weighted by molar-refractivity contribution is 9.10. The van der Waals surface area contributed by atoms with Crippen LogP contribution in [0.4, 0.5) is 5.82 Å². The lowest BCUT2D eigenvalue weighted by atomic mass is 10.1. The van der Waals surface area contributed by atoms with Crippen LogP contribution in [0.2, 0.25) is 0 Å². The van der Waals surface area contributed by atoms with E-state index in [1.54, 1.807) is 0 Å².